The third-order valence-electron chi connectivity index (χ3n) is 6.54. The summed E-state index contributed by atoms with van der Waals surface area (Å²) < 4.78 is 52.2. The van der Waals surface area contributed by atoms with Gasteiger partial charge in [0.2, 0.25) is 4.93 Å². The van der Waals surface area contributed by atoms with E-state index in [2.05, 4.69) is 6.92 Å². The Morgan fingerprint density at radius 2 is 1.38 bits per heavy atom. The first-order chi connectivity index (χ1) is 14.9. The molecule has 2 aliphatic heterocycles. The van der Waals surface area contributed by atoms with Crippen LogP contribution in [0.25, 0.3) is 0 Å². The Kier molecular flexibility index (Phi) is 11.5. The maximum atomic E-state index is 11.9. The van der Waals surface area contributed by atoms with E-state index in [0.29, 0.717) is 18.8 Å². The number of rotatable bonds is 15. The fraction of sp³-hybridized carbons (Fsp3) is 0.750. The van der Waals surface area contributed by atoms with Crippen LogP contribution in [0.2, 0.25) is 0 Å². The summed E-state index contributed by atoms with van der Waals surface area (Å²) in [6.45, 7) is 2.81. The second kappa shape index (κ2) is 13.1. The molecular formula is C24H37NaO6S. The van der Waals surface area contributed by atoms with Crippen LogP contribution in [-0.4, -0.2) is 36.9 Å². The maximum absolute atomic E-state index is 11.9. The largest absolute Gasteiger partial charge is 1.00 e. The average Bonchev–Trinajstić information content (AvgIpc) is 2.66. The van der Waals surface area contributed by atoms with E-state index in [1.165, 1.54) is 63.4 Å². The van der Waals surface area contributed by atoms with Gasteiger partial charge in [-0.15, -0.1) is 0 Å². The van der Waals surface area contributed by atoms with E-state index in [1.807, 2.05) is 24.3 Å². The van der Waals surface area contributed by atoms with Crippen molar-refractivity contribution in [3.05, 3.63) is 29.8 Å². The van der Waals surface area contributed by atoms with E-state index in [-0.39, 0.29) is 42.6 Å². The van der Waals surface area contributed by atoms with E-state index in [9.17, 15) is 13.0 Å². The van der Waals surface area contributed by atoms with Gasteiger partial charge in [0.25, 0.3) is 5.79 Å². The number of ether oxygens (including phenoxy) is 3. The monoisotopic (exact) mass is 476 g/mol. The predicted molar refractivity (Wildman–Crippen MR) is 119 cm³/mol. The normalized spacial score (nSPS) is 24.8. The molecule has 0 radical (unpaired) electrons. The molecule has 0 bridgehead atoms. The van der Waals surface area contributed by atoms with E-state index in [1.54, 1.807) is 0 Å². The van der Waals surface area contributed by atoms with Gasteiger partial charge in [-0.25, -0.2) is 8.42 Å². The Labute approximate surface area is 215 Å². The van der Waals surface area contributed by atoms with E-state index in [4.69, 9.17) is 14.2 Å². The summed E-state index contributed by atoms with van der Waals surface area (Å²) in [5.41, 5.74) is 1.22. The van der Waals surface area contributed by atoms with Crippen LogP contribution in [0.15, 0.2) is 24.3 Å². The van der Waals surface area contributed by atoms with Crippen LogP contribution in [0.4, 0.5) is 0 Å². The number of hydrogen-bond acceptors (Lipinski definition) is 6. The van der Waals surface area contributed by atoms with Gasteiger partial charge in [0.1, 0.15) is 15.9 Å². The van der Waals surface area contributed by atoms with Gasteiger partial charge in [-0.1, -0.05) is 76.8 Å². The summed E-state index contributed by atoms with van der Waals surface area (Å²) in [6, 6.07) is 7.63. The van der Waals surface area contributed by atoms with Gasteiger partial charge in [0, 0.05) is 12.8 Å². The molecule has 6 nitrogen and oxygen atoms in total. The predicted octanol–water partition coefficient (Wildman–Crippen LogP) is 2.31. The molecule has 1 aromatic carbocycles. The molecule has 0 aliphatic carbocycles. The summed E-state index contributed by atoms with van der Waals surface area (Å²) in [5.74, 6) is -1.05. The molecule has 2 saturated heterocycles. The summed E-state index contributed by atoms with van der Waals surface area (Å²) in [4.78, 5) is -1.94. The molecule has 0 N–H and O–H groups in total. The molecule has 0 amide bonds. The second-order valence-corrected chi connectivity index (χ2v) is 10.4. The number of aryl methyl sites for hydroxylation is 1. The Balaban J connectivity index is 0.00000363. The Bertz CT molecular complexity index is 772. The topological polar surface area (TPSA) is 84.9 Å². The van der Waals surface area contributed by atoms with Crippen LogP contribution < -0.4 is 34.3 Å². The molecule has 32 heavy (non-hydrogen) atoms. The number of unbranched alkanes of at least 4 members (excludes halogenated alkanes) is 9. The molecule has 3 rings (SSSR count). The van der Waals surface area contributed by atoms with Crippen molar-refractivity contribution in [2.75, 3.05) is 13.2 Å². The van der Waals surface area contributed by atoms with Crippen molar-refractivity contribution in [1.82, 2.24) is 0 Å². The molecule has 8 heteroatoms. The van der Waals surface area contributed by atoms with Gasteiger partial charge >= 0.3 is 29.6 Å². The van der Waals surface area contributed by atoms with Gasteiger partial charge < -0.3 is 18.8 Å². The summed E-state index contributed by atoms with van der Waals surface area (Å²) in [5, 5.41) is 0. The third-order valence-corrected chi connectivity index (χ3v) is 7.98. The van der Waals surface area contributed by atoms with Gasteiger partial charge in [-0.3, -0.25) is 0 Å². The van der Waals surface area contributed by atoms with Crippen molar-refractivity contribution < 1.29 is 56.7 Å². The first-order valence-corrected chi connectivity index (χ1v) is 13.3. The zero-order valence-electron chi connectivity index (χ0n) is 19.8. The molecule has 0 spiro atoms. The van der Waals surface area contributed by atoms with Crippen molar-refractivity contribution in [1.29, 1.82) is 0 Å². The van der Waals surface area contributed by atoms with Crippen LogP contribution in [0.3, 0.4) is 0 Å². The van der Waals surface area contributed by atoms with Gasteiger partial charge in [0.05, 0.1) is 13.2 Å². The van der Waals surface area contributed by atoms with Crippen molar-refractivity contribution in [3.8, 4) is 5.75 Å². The standard InChI is InChI=1S/C24H38O6S.Na/c1-2-3-4-5-6-7-8-9-10-11-12-21-13-15-22(16-14-21)30-23(17-19-28-23)24(18-20-29-24)31(25,26)27;/h13-16H,2-12,17-20H2,1H3,(H,25,26,27);/q;+1/p-1. The van der Waals surface area contributed by atoms with Crippen LogP contribution in [0.5, 0.6) is 5.75 Å². The number of benzene rings is 1. The van der Waals surface area contributed by atoms with Gasteiger partial charge in [-0.05, 0) is 30.5 Å². The number of hydrogen-bond donors (Lipinski definition) is 0. The Morgan fingerprint density at radius 1 is 0.875 bits per heavy atom. The van der Waals surface area contributed by atoms with E-state index >= 15 is 0 Å². The molecular weight excluding hydrogens is 439 g/mol. The van der Waals surface area contributed by atoms with Crippen molar-refractivity contribution >= 4 is 10.1 Å². The molecule has 2 fully saturated rings. The molecule has 2 aliphatic rings. The Morgan fingerprint density at radius 3 is 1.78 bits per heavy atom. The van der Waals surface area contributed by atoms with Crippen LogP contribution in [0, 0.1) is 0 Å². The van der Waals surface area contributed by atoms with Crippen LogP contribution in [0.1, 0.15) is 89.5 Å². The van der Waals surface area contributed by atoms with Crippen molar-refractivity contribution in [2.45, 2.75) is 101 Å². The van der Waals surface area contributed by atoms with E-state index in [0.717, 1.165) is 12.8 Å². The minimum atomic E-state index is -4.72. The smallest absolute Gasteiger partial charge is 0.746 e. The van der Waals surface area contributed by atoms with E-state index < -0.39 is 20.8 Å². The molecule has 0 aromatic heterocycles. The zero-order valence-corrected chi connectivity index (χ0v) is 22.6. The summed E-state index contributed by atoms with van der Waals surface area (Å²) in [6.07, 6.45) is 14.6. The minimum absolute atomic E-state index is 0. The van der Waals surface area contributed by atoms with Gasteiger partial charge in [-0.2, -0.15) is 0 Å². The third kappa shape index (κ3) is 6.71. The quantitative estimate of drug-likeness (QED) is 0.219. The first kappa shape index (κ1) is 28.1. The second-order valence-electron chi connectivity index (χ2n) is 8.83. The van der Waals surface area contributed by atoms with Crippen molar-refractivity contribution in [3.63, 3.8) is 0 Å². The molecule has 1 aromatic rings. The minimum Gasteiger partial charge on any atom is -0.746 e. The molecule has 2 heterocycles. The molecule has 0 saturated carbocycles. The van der Waals surface area contributed by atoms with Gasteiger partial charge in [0.15, 0.2) is 0 Å². The van der Waals surface area contributed by atoms with Crippen LogP contribution in [-0.2, 0) is 26.0 Å². The molecule has 176 valence electrons. The Hall–Kier alpha value is -0.150. The summed E-state index contributed by atoms with van der Waals surface area (Å²) >= 11 is 0. The SMILES string of the molecule is CCCCCCCCCCCCc1ccc(OC2(C3(S(=O)(=O)[O-])CCO3)CCO2)cc1.[Na+]. The maximum Gasteiger partial charge on any atom is 1.00 e. The molecule has 2 atom stereocenters. The molecule has 2 unspecified atom stereocenters. The van der Waals surface area contributed by atoms with Crippen LogP contribution >= 0.6 is 0 Å². The first-order valence-electron chi connectivity index (χ1n) is 11.9. The fourth-order valence-electron chi connectivity index (χ4n) is 4.45. The fourth-order valence-corrected chi connectivity index (χ4v) is 5.60. The average molecular weight is 477 g/mol. The summed E-state index contributed by atoms with van der Waals surface area (Å²) in [7, 11) is -4.72. The zero-order chi connectivity index (χ0) is 22.2. The van der Waals surface area contributed by atoms with Crippen molar-refractivity contribution in [2.24, 2.45) is 0 Å².